The number of amides is 2. The number of nitrogens with one attached hydrogen (secondary N) is 1. The van der Waals surface area contributed by atoms with Crippen molar-refractivity contribution in [3.8, 4) is 0 Å². The molecule has 0 saturated carbocycles. The Morgan fingerprint density at radius 2 is 1.69 bits per heavy atom. The van der Waals surface area contributed by atoms with Crippen LogP contribution >= 0.6 is 11.8 Å². The van der Waals surface area contributed by atoms with E-state index in [-0.39, 0.29) is 41.2 Å². The van der Waals surface area contributed by atoms with Crippen LogP contribution in [0.3, 0.4) is 0 Å². The summed E-state index contributed by atoms with van der Waals surface area (Å²) in [5.41, 5.74) is 13.7. The molecule has 0 radical (unpaired) electrons. The Hall–Kier alpha value is -2.88. The van der Waals surface area contributed by atoms with Crippen LogP contribution in [-0.2, 0) is 9.59 Å². The van der Waals surface area contributed by atoms with Gasteiger partial charge in [0.15, 0.2) is 5.16 Å². The Bertz CT molecular complexity index is 788. The number of aromatic nitrogens is 3. The van der Waals surface area contributed by atoms with Crippen LogP contribution in [0.1, 0.15) is 11.1 Å². The lowest BCUT2D eigenvalue weighted by Crippen LogP contribution is -2.36. The van der Waals surface area contributed by atoms with E-state index in [0.29, 0.717) is 0 Å². The number of para-hydroxylation sites is 1. The van der Waals surface area contributed by atoms with Crippen molar-refractivity contribution in [3.63, 3.8) is 0 Å². The summed E-state index contributed by atoms with van der Waals surface area (Å²) in [6, 6.07) is 5.76. The number of carbonyl (C=O) groups excluding carboxylic acids is 2. The molecule has 2 rings (SSSR count). The Kier molecular flexibility index (Phi) is 6.34. The minimum absolute atomic E-state index is 0.00576. The monoisotopic (exact) mass is 375 g/mol. The predicted molar refractivity (Wildman–Crippen MR) is 102 cm³/mol. The standard InChI is InChI=1S/C16H21N7O2S/c1-9-5-4-6-10(2)13(9)19-11(24)7-23(3)12(25)8-26-16-21-14(17)20-15(18)22-16/h4-6H,7-8H2,1-3H3,(H,19,24)(H4,17,18,20,21,22). The largest absolute Gasteiger partial charge is 0.368 e. The highest BCUT2D eigenvalue weighted by atomic mass is 32.2. The van der Waals surface area contributed by atoms with Crippen LogP contribution in [0.5, 0.6) is 0 Å². The molecular weight excluding hydrogens is 354 g/mol. The number of thioether (sulfide) groups is 1. The summed E-state index contributed by atoms with van der Waals surface area (Å²) in [7, 11) is 1.56. The van der Waals surface area contributed by atoms with Gasteiger partial charge in [-0.25, -0.2) is 0 Å². The highest BCUT2D eigenvalue weighted by Gasteiger charge is 2.15. The van der Waals surface area contributed by atoms with E-state index in [1.807, 2.05) is 32.0 Å². The van der Waals surface area contributed by atoms with Gasteiger partial charge < -0.3 is 21.7 Å². The normalized spacial score (nSPS) is 10.4. The van der Waals surface area contributed by atoms with Crippen LogP contribution in [-0.4, -0.2) is 51.0 Å². The molecule has 0 spiro atoms. The van der Waals surface area contributed by atoms with Crippen LogP contribution in [0.4, 0.5) is 17.6 Å². The molecule has 9 nitrogen and oxygen atoms in total. The molecular formula is C16H21N7O2S. The lowest BCUT2D eigenvalue weighted by molar-refractivity contribution is -0.131. The SMILES string of the molecule is Cc1cccc(C)c1NC(=O)CN(C)C(=O)CSc1nc(N)nc(N)n1. The zero-order chi connectivity index (χ0) is 19.3. The second-order valence-electron chi connectivity index (χ2n) is 5.69. The van der Waals surface area contributed by atoms with Crippen LogP contribution in [0.15, 0.2) is 23.4 Å². The molecule has 2 aromatic rings. The zero-order valence-electron chi connectivity index (χ0n) is 14.8. The van der Waals surface area contributed by atoms with Crippen LogP contribution < -0.4 is 16.8 Å². The fourth-order valence-electron chi connectivity index (χ4n) is 2.18. The second-order valence-corrected chi connectivity index (χ2v) is 6.63. The molecule has 1 heterocycles. The fraction of sp³-hybridized carbons (Fsp3) is 0.312. The van der Waals surface area contributed by atoms with Crippen LogP contribution in [0, 0.1) is 13.8 Å². The van der Waals surface area contributed by atoms with Crippen molar-refractivity contribution in [2.24, 2.45) is 0 Å². The first-order valence-corrected chi connectivity index (χ1v) is 8.74. The van der Waals surface area contributed by atoms with Gasteiger partial charge >= 0.3 is 0 Å². The van der Waals surface area contributed by atoms with Gasteiger partial charge in [0.25, 0.3) is 0 Å². The summed E-state index contributed by atoms with van der Waals surface area (Å²) in [6.45, 7) is 3.77. The maximum atomic E-state index is 12.2. The van der Waals surface area contributed by atoms with Gasteiger partial charge in [-0.15, -0.1) is 0 Å². The number of rotatable bonds is 6. The molecule has 5 N–H and O–H groups in total. The Morgan fingerprint density at radius 3 is 2.27 bits per heavy atom. The lowest BCUT2D eigenvalue weighted by atomic mass is 10.1. The Balaban J connectivity index is 1.89. The molecule has 0 atom stereocenters. The van der Waals surface area contributed by atoms with Crippen molar-refractivity contribution in [2.45, 2.75) is 19.0 Å². The maximum absolute atomic E-state index is 12.2. The van der Waals surface area contributed by atoms with Gasteiger partial charge in [0.05, 0.1) is 12.3 Å². The number of aryl methyl sites for hydroxylation is 2. The fourth-order valence-corrected chi connectivity index (χ4v) is 2.97. The average Bonchev–Trinajstić information content (AvgIpc) is 2.55. The molecule has 138 valence electrons. The van der Waals surface area contributed by atoms with Gasteiger partial charge in [-0.05, 0) is 25.0 Å². The van der Waals surface area contributed by atoms with Gasteiger partial charge in [0.2, 0.25) is 23.7 Å². The van der Waals surface area contributed by atoms with Crippen LogP contribution in [0.2, 0.25) is 0 Å². The Morgan fingerprint density at radius 1 is 1.12 bits per heavy atom. The van der Waals surface area contributed by atoms with Gasteiger partial charge in [-0.1, -0.05) is 30.0 Å². The van der Waals surface area contributed by atoms with Crippen molar-refractivity contribution < 1.29 is 9.59 Å². The van der Waals surface area contributed by atoms with Crippen molar-refractivity contribution in [1.82, 2.24) is 19.9 Å². The first-order chi connectivity index (χ1) is 12.3. The highest BCUT2D eigenvalue weighted by molar-refractivity contribution is 7.99. The summed E-state index contributed by atoms with van der Waals surface area (Å²) < 4.78 is 0. The van der Waals surface area contributed by atoms with E-state index in [9.17, 15) is 9.59 Å². The molecule has 0 fully saturated rings. The second kappa shape index (κ2) is 8.48. The van der Waals surface area contributed by atoms with Crippen molar-refractivity contribution >= 4 is 41.2 Å². The third-order valence-electron chi connectivity index (χ3n) is 3.53. The highest BCUT2D eigenvalue weighted by Crippen LogP contribution is 2.19. The van der Waals surface area contributed by atoms with E-state index in [0.717, 1.165) is 28.6 Å². The summed E-state index contributed by atoms with van der Waals surface area (Å²) in [4.78, 5) is 37.2. The van der Waals surface area contributed by atoms with E-state index < -0.39 is 0 Å². The molecule has 2 amide bonds. The first kappa shape index (κ1) is 19.4. The average molecular weight is 375 g/mol. The Labute approximate surface area is 155 Å². The van der Waals surface area contributed by atoms with E-state index in [2.05, 4.69) is 20.3 Å². The smallest absolute Gasteiger partial charge is 0.243 e. The number of hydrogen-bond donors (Lipinski definition) is 3. The summed E-state index contributed by atoms with van der Waals surface area (Å²) >= 11 is 1.08. The minimum atomic E-state index is -0.267. The predicted octanol–water partition coefficient (Wildman–Crippen LogP) is 0.842. The van der Waals surface area contributed by atoms with Crippen molar-refractivity contribution in [2.75, 3.05) is 36.1 Å². The third-order valence-corrected chi connectivity index (χ3v) is 4.36. The number of hydrogen-bond acceptors (Lipinski definition) is 8. The van der Waals surface area contributed by atoms with Crippen molar-refractivity contribution in [1.29, 1.82) is 0 Å². The summed E-state index contributed by atoms with van der Waals surface area (Å²) in [5.74, 6) is -0.473. The quantitative estimate of drug-likeness (QED) is 0.631. The number of benzene rings is 1. The number of carbonyl (C=O) groups is 2. The summed E-state index contributed by atoms with van der Waals surface area (Å²) in [5, 5.41) is 3.11. The number of likely N-dealkylation sites (N-methyl/N-ethyl adjacent to an activating group) is 1. The van der Waals surface area contributed by atoms with Gasteiger partial charge in [-0.2, -0.15) is 15.0 Å². The summed E-state index contributed by atoms with van der Waals surface area (Å²) in [6.07, 6.45) is 0. The molecule has 0 bridgehead atoms. The zero-order valence-corrected chi connectivity index (χ0v) is 15.6. The van der Waals surface area contributed by atoms with Gasteiger partial charge in [0, 0.05) is 12.7 Å². The van der Waals surface area contributed by atoms with Crippen LogP contribution in [0.25, 0.3) is 0 Å². The topological polar surface area (TPSA) is 140 Å². The molecule has 1 aromatic heterocycles. The maximum Gasteiger partial charge on any atom is 0.243 e. The number of anilines is 3. The molecule has 0 aliphatic carbocycles. The molecule has 26 heavy (non-hydrogen) atoms. The first-order valence-electron chi connectivity index (χ1n) is 7.76. The van der Waals surface area contributed by atoms with E-state index >= 15 is 0 Å². The van der Waals surface area contributed by atoms with E-state index in [1.54, 1.807) is 7.05 Å². The van der Waals surface area contributed by atoms with Crippen molar-refractivity contribution in [3.05, 3.63) is 29.3 Å². The molecule has 0 aliphatic rings. The molecule has 10 heteroatoms. The molecule has 0 saturated heterocycles. The number of nitrogen functional groups attached to an aromatic ring is 2. The van der Waals surface area contributed by atoms with Gasteiger partial charge in [-0.3, -0.25) is 9.59 Å². The minimum Gasteiger partial charge on any atom is -0.368 e. The molecule has 0 unspecified atom stereocenters. The lowest BCUT2D eigenvalue weighted by Gasteiger charge is -2.18. The number of nitrogens with zero attached hydrogens (tertiary/aromatic N) is 4. The number of nitrogens with two attached hydrogens (primary N) is 2. The molecule has 1 aromatic carbocycles. The molecule has 0 aliphatic heterocycles. The third kappa shape index (κ3) is 5.31. The van der Waals surface area contributed by atoms with E-state index in [4.69, 9.17) is 11.5 Å². The van der Waals surface area contributed by atoms with Gasteiger partial charge in [0.1, 0.15) is 0 Å². The van der Waals surface area contributed by atoms with E-state index in [1.165, 1.54) is 4.90 Å².